The van der Waals surface area contributed by atoms with Crippen LogP contribution in [0.5, 0.6) is 0 Å². The topological polar surface area (TPSA) is 49.3 Å². The van der Waals surface area contributed by atoms with Crippen LogP contribution in [0.2, 0.25) is 0 Å². The molecule has 0 unspecified atom stereocenters. The molecule has 1 amide bonds. The molecule has 2 N–H and O–H groups in total. The van der Waals surface area contributed by atoms with Gasteiger partial charge in [-0.25, -0.2) is 4.79 Å². The van der Waals surface area contributed by atoms with Gasteiger partial charge in [0.2, 0.25) is 0 Å². The van der Waals surface area contributed by atoms with E-state index in [1.165, 1.54) is 18.4 Å². The van der Waals surface area contributed by atoms with Gasteiger partial charge in [0, 0.05) is 6.04 Å². The molecule has 2 saturated carbocycles. The van der Waals surface area contributed by atoms with Crippen molar-refractivity contribution < 1.29 is 9.90 Å². The lowest BCUT2D eigenvalue weighted by molar-refractivity contribution is 0.147. The second-order valence-electron chi connectivity index (χ2n) is 8.93. The van der Waals surface area contributed by atoms with E-state index in [0.717, 1.165) is 18.8 Å². The number of amides is 1. The third-order valence-corrected chi connectivity index (χ3v) is 5.46. The minimum absolute atomic E-state index is 0.163. The number of hydrogen-bond donors (Lipinski definition) is 2. The first-order valence-corrected chi connectivity index (χ1v) is 9.17. The Balaban J connectivity index is 0.000000253. The van der Waals surface area contributed by atoms with E-state index >= 15 is 0 Å². The van der Waals surface area contributed by atoms with Crippen molar-refractivity contribution in [2.45, 2.75) is 80.2 Å². The molecule has 3 heteroatoms. The molecule has 0 aliphatic heterocycles. The Kier molecular flexibility index (Phi) is 7.16. The zero-order valence-corrected chi connectivity index (χ0v) is 16.1. The molecular formula is C20H37NO2. The molecule has 0 aromatic carbocycles. The second kappa shape index (κ2) is 8.21. The summed E-state index contributed by atoms with van der Waals surface area (Å²) < 4.78 is 0. The standard InChI is InChI=1S/C11H21NO2.C9H16/c1-7(2)9-5-4-8(3)6-10(9)12-11(13)14;1-7(2)5-8-6-9(8,3)4/h7-10,12H,4-6H2,1-3H3,(H,13,14);5,8H,6H2,1-4H3/t8-,9+,10+;8-/m01/s1. The minimum atomic E-state index is -0.880. The lowest BCUT2D eigenvalue weighted by atomic mass is 9.74. The van der Waals surface area contributed by atoms with Crippen LogP contribution in [0.15, 0.2) is 11.6 Å². The highest BCUT2D eigenvalue weighted by Gasteiger charge is 2.43. The van der Waals surface area contributed by atoms with Crippen molar-refractivity contribution in [3.05, 3.63) is 11.6 Å². The third-order valence-electron chi connectivity index (χ3n) is 5.46. The monoisotopic (exact) mass is 323 g/mol. The van der Waals surface area contributed by atoms with Crippen LogP contribution in [0.3, 0.4) is 0 Å². The largest absolute Gasteiger partial charge is 0.465 e. The third kappa shape index (κ3) is 6.97. The molecule has 3 nitrogen and oxygen atoms in total. The maximum absolute atomic E-state index is 10.6. The molecule has 0 bridgehead atoms. The zero-order chi connectivity index (χ0) is 17.8. The number of carbonyl (C=O) groups is 1. The SMILES string of the molecule is CC(C)=C[C@@H]1CC1(C)C.CC(C)[C@H]1CC[C@H](C)C[C@H]1NC(=O)O. The van der Waals surface area contributed by atoms with Crippen molar-refractivity contribution in [3.8, 4) is 0 Å². The first kappa shape index (κ1) is 20.1. The maximum atomic E-state index is 10.6. The van der Waals surface area contributed by atoms with Gasteiger partial charge in [-0.3, -0.25) is 0 Å². The first-order chi connectivity index (χ1) is 10.5. The van der Waals surface area contributed by atoms with Crippen molar-refractivity contribution in [1.29, 1.82) is 0 Å². The van der Waals surface area contributed by atoms with Crippen molar-refractivity contribution >= 4 is 6.09 Å². The Bertz CT molecular complexity index is 421. The van der Waals surface area contributed by atoms with E-state index < -0.39 is 6.09 Å². The van der Waals surface area contributed by atoms with Gasteiger partial charge in [0.05, 0.1) is 0 Å². The number of rotatable bonds is 3. The summed E-state index contributed by atoms with van der Waals surface area (Å²) in [4.78, 5) is 10.6. The summed E-state index contributed by atoms with van der Waals surface area (Å²) in [5.74, 6) is 2.62. The molecule has 2 rings (SSSR count). The molecule has 0 aromatic heterocycles. The maximum Gasteiger partial charge on any atom is 0.404 e. The van der Waals surface area contributed by atoms with E-state index in [1.807, 2.05) is 0 Å². The molecule has 0 heterocycles. The Morgan fingerprint density at radius 2 is 1.83 bits per heavy atom. The molecule has 0 saturated heterocycles. The first-order valence-electron chi connectivity index (χ1n) is 9.17. The molecule has 0 spiro atoms. The van der Waals surface area contributed by atoms with Crippen LogP contribution in [-0.2, 0) is 0 Å². The molecule has 0 radical (unpaired) electrons. The lowest BCUT2D eigenvalue weighted by Gasteiger charge is -2.37. The van der Waals surface area contributed by atoms with Gasteiger partial charge in [0.15, 0.2) is 0 Å². The molecule has 4 atom stereocenters. The second-order valence-corrected chi connectivity index (χ2v) is 8.93. The average Bonchev–Trinajstić information content (AvgIpc) is 2.94. The fraction of sp³-hybridized carbons (Fsp3) is 0.850. The van der Waals surface area contributed by atoms with Crippen molar-refractivity contribution in [3.63, 3.8) is 0 Å². The van der Waals surface area contributed by atoms with Crippen LogP contribution in [0, 0.1) is 29.1 Å². The van der Waals surface area contributed by atoms with E-state index in [0.29, 0.717) is 23.2 Å². The number of allylic oxidation sites excluding steroid dienone is 2. The average molecular weight is 324 g/mol. The van der Waals surface area contributed by atoms with Crippen LogP contribution in [0.25, 0.3) is 0 Å². The van der Waals surface area contributed by atoms with E-state index in [2.05, 4.69) is 59.9 Å². The highest BCUT2D eigenvalue weighted by Crippen LogP contribution is 2.52. The highest BCUT2D eigenvalue weighted by atomic mass is 16.4. The molecule has 2 fully saturated rings. The lowest BCUT2D eigenvalue weighted by Crippen LogP contribution is -2.45. The van der Waals surface area contributed by atoms with Gasteiger partial charge in [-0.15, -0.1) is 0 Å². The predicted octanol–water partition coefficient (Wildman–Crippen LogP) is 5.71. The number of hydrogen-bond acceptors (Lipinski definition) is 1. The Morgan fingerprint density at radius 3 is 2.17 bits per heavy atom. The van der Waals surface area contributed by atoms with Crippen LogP contribution in [0.4, 0.5) is 4.79 Å². The van der Waals surface area contributed by atoms with Crippen molar-refractivity contribution in [2.24, 2.45) is 29.1 Å². The van der Waals surface area contributed by atoms with Gasteiger partial charge in [0.1, 0.15) is 0 Å². The van der Waals surface area contributed by atoms with Gasteiger partial charge >= 0.3 is 6.09 Å². The minimum Gasteiger partial charge on any atom is -0.465 e. The van der Waals surface area contributed by atoms with Gasteiger partial charge in [-0.05, 0) is 62.2 Å². The Hall–Kier alpha value is -0.990. The molecule has 2 aliphatic rings. The Labute approximate surface area is 142 Å². The summed E-state index contributed by atoms with van der Waals surface area (Å²) in [5.41, 5.74) is 2.09. The van der Waals surface area contributed by atoms with Crippen LogP contribution in [0.1, 0.15) is 74.1 Å². The van der Waals surface area contributed by atoms with E-state index in [4.69, 9.17) is 5.11 Å². The van der Waals surface area contributed by atoms with E-state index in [1.54, 1.807) is 0 Å². The smallest absolute Gasteiger partial charge is 0.404 e. The van der Waals surface area contributed by atoms with E-state index in [-0.39, 0.29) is 6.04 Å². The summed E-state index contributed by atoms with van der Waals surface area (Å²) in [6, 6.07) is 0.163. The van der Waals surface area contributed by atoms with Gasteiger partial charge in [-0.2, -0.15) is 0 Å². The van der Waals surface area contributed by atoms with Gasteiger partial charge < -0.3 is 10.4 Å². The zero-order valence-electron chi connectivity index (χ0n) is 16.1. The summed E-state index contributed by atoms with van der Waals surface area (Å²) in [6.07, 6.45) is 6.28. The van der Waals surface area contributed by atoms with Crippen molar-refractivity contribution in [1.82, 2.24) is 5.32 Å². The number of carboxylic acid groups (broad SMARTS) is 1. The summed E-state index contributed by atoms with van der Waals surface area (Å²) >= 11 is 0. The fourth-order valence-electron chi connectivity index (χ4n) is 3.72. The fourth-order valence-corrected chi connectivity index (χ4v) is 3.72. The van der Waals surface area contributed by atoms with Crippen molar-refractivity contribution in [2.75, 3.05) is 0 Å². The van der Waals surface area contributed by atoms with E-state index in [9.17, 15) is 4.79 Å². The van der Waals surface area contributed by atoms with Gasteiger partial charge in [-0.1, -0.05) is 52.7 Å². The molecular weight excluding hydrogens is 286 g/mol. The summed E-state index contributed by atoms with van der Waals surface area (Å²) in [7, 11) is 0. The summed E-state index contributed by atoms with van der Waals surface area (Å²) in [6.45, 7) is 15.6. The molecule has 2 aliphatic carbocycles. The molecule has 134 valence electrons. The number of nitrogens with one attached hydrogen (secondary N) is 1. The molecule has 0 aromatic rings. The normalized spacial score (nSPS) is 31.7. The van der Waals surface area contributed by atoms with Crippen LogP contribution < -0.4 is 5.32 Å². The summed E-state index contributed by atoms with van der Waals surface area (Å²) in [5, 5.41) is 11.4. The van der Waals surface area contributed by atoms with Crippen LogP contribution >= 0.6 is 0 Å². The molecule has 23 heavy (non-hydrogen) atoms. The van der Waals surface area contributed by atoms with Crippen LogP contribution in [-0.4, -0.2) is 17.2 Å². The quantitative estimate of drug-likeness (QED) is 0.653. The van der Waals surface area contributed by atoms with Gasteiger partial charge in [0.25, 0.3) is 0 Å². The highest BCUT2D eigenvalue weighted by molar-refractivity contribution is 5.64. The predicted molar refractivity (Wildman–Crippen MR) is 97.6 cm³/mol. The Morgan fingerprint density at radius 1 is 1.26 bits per heavy atom.